The van der Waals surface area contributed by atoms with E-state index in [9.17, 15) is 9.59 Å². The maximum atomic E-state index is 12.4. The number of benzene rings is 1. The van der Waals surface area contributed by atoms with Gasteiger partial charge in [-0.3, -0.25) is 9.59 Å². The molecule has 0 unspecified atom stereocenters. The Morgan fingerprint density at radius 1 is 1.48 bits per heavy atom. The van der Waals surface area contributed by atoms with Crippen LogP contribution in [0.4, 0.5) is 0 Å². The van der Waals surface area contributed by atoms with Crippen molar-refractivity contribution in [3.05, 3.63) is 29.8 Å². The minimum absolute atomic E-state index is 0.0248. The molecule has 2 rings (SSSR count). The molecule has 114 valence electrons. The third-order valence-electron chi connectivity index (χ3n) is 4.01. The van der Waals surface area contributed by atoms with Crippen molar-refractivity contribution in [1.29, 1.82) is 0 Å². The molecule has 0 spiro atoms. The molecule has 0 aromatic heterocycles. The van der Waals surface area contributed by atoms with Crippen LogP contribution in [-0.4, -0.2) is 43.0 Å². The van der Waals surface area contributed by atoms with Crippen molar-refractivity contribution >= 4 is 11.8 Å². The largest absolute Gasteiger partial charge is 0.496 e. The molecular formula is C16H22N2O3. The van der Waals surface area contributed by atoms with Crippen molar-refractivity contribution in [3.8, 4) is 5.75 Å². The smallest absolute Gasteiger partial charge is 0.245 e. The molecule has 1 aliphatic heterocycles. The van der Waals surface area contributed by atoms with Crippen LogP contribution in [0.1, 0.15) is 25.3 Å². The number of carbonyl (C=O) groups excluding carboxylic acids is 2. The summed E-state index contributed by atoms with van der Waals surface area (Å²) < 4.78 is 5.34. The van der Waals surface area contributed by atoms with Gasteiger partial charge in [0.15, 0.2) is 0 Å². The first-order valence-electron chi connectivity index (χ1n) is 7.21. The topological polar surface area (TPSA) is 58.6 Å². The third kappa shape index (κ3) is 3.54. The predicted octanol–water partition coefficient (Wildman–Crippen LogP) is 1.36. The molecule has 2 atom stereocenters. The van der Waals surface area contributed by atoms with Gasteiger partial charge in [0.25, 0.3) is 0 Å². The number of nitrogens with one attached hydrogen (secondary N) is 1. The number of likely N-dealkylation sites (N-methyl/N-ethyl adjacent to an activating group) is 1. The van der Waals surface area contributed by atoms with E-state index in [1.165, 1.54) is 0 Å². The van der Waals surface area contributed by atoms with Crippen LogP contribution in [0, 0.1) is 0 Å². The molecule has 1 heterocycles. The molecule has 1 N–H and O–H groups in total. The van der Waals surface area contributed by atoms with Gasteiger partial charge in [0, 0.05) is 19.5 Å². The SMILES string of the molecule is COc1ccccc1C[C@@H](C)N(C)C(=O)[C@@H]1CCC(=O)N1. The normalized spacial score (nSPS) is 19.0. The summed E-state index contributed by atoms with van der Waals surface area (Å²) in [6.07, 6.45) is 1.74. The van der Waals surface area contributed by atoms with Crippen molar-refractivity contribution in [2.45, 2.75) is 38.3 Å². The zero-order valence-electron chi connectivity index (χ0n) is 12.8. The average molecular weight is 290 g/mol. The van der Waals surface area contributed by atoms with E-state index in [1.54, 1.807) is 19.1 Å². The highest BCUT2D eigenvalue weighted by Gasteiger charge is 2.31. The van der Waals surface area contributed by atoms with Crippen LogP contribution >= 0.6 is 0 Å². The first-order valence-corrected chi connectivity index (χ1v) is 7.21. The lowest BCUT2D eigenvalue weighted by Crippen LogP contribution is -2.46. The summed E-state index contributed by atoms with van der Waals surface area (Å²) >= 11 is 0. The van der Waals surface area contributed by atoms with Gasteiger partial charge >= 0.3 is 0 Å². The summed E-state index contributed by atoms with van der Waals surface area (Å²) in [6.45, 7) is 2.00. The summed E-state index contributed by atoms with van der Waals surface area (Å²) in [7, 11) is 3.43. The first kappa shape index (κ1) is 15.4. The van der Waals surface area contributed by atoms with Crippen LogP contribution in [-0.2, 0) is 16.0 Å². The molecule has 0 radical (unpaired) electrons. The molecule has 0 bridgehead atoms. The molecule has 5 nitrogen and oxygen atoms in total. The van der Waals surface area contributed by atoms with E-state index < -0.39 is 0 Å². The van der Waals surface area contributed by atoms with Crippen molar-refractivity contribution in [2.75, 3.05) is 14.2 Å². The second kappa shape index (κ2) is 6.61. The van der Waals surface area contributed by atoms with Crippen LogP contribution in [0.25, 0.3) is 0 Å². The molecule has 1 saturated heterocycles. The average Bonchev–Trinajstić information content (AvgIpc) is 2.92. The van der Waals surface area contributed by atoms with Crippen LogP contribution < -0.4 is 10.1 Å². The molecule has 1 aromatic rings. The summed E-state index contributed by atoms with van der Waals surface area (Å²) in [4.78, 5) is 25.3. The van der Waals surface area contributed by atoms with Gasteiger partial charge in [0.2, 0.25) is 11.8 Å². The second-order valence-electron chi connectivity index (χ2n) is 5.47. The summed E-state index contributed by atoms with van der Waals surface area (Å²) in [5.74, 6) is 0.766. The lowest BCUT2D eigenvalue weighted by atomic mass is 10.0. The number of rotatable bonds is 5. The van der Waals surface area contributed by atoms with Gasteiger partial charge < -0.3 is 15.0 Å². The summed E-state index contributed by atoms with van der Waals surface area (Å²) in [6, 6.07) is 7.47. The number of carbonyl (C=O) groups is 2. The molecule has 1 aromatic carbocycles. The number of methoxy groups -OCH3 is 1. The van der Waals surface area contributed by atoms with Gasteiger partial charge in [-0.2, -0.15) is 0 Å². The van der Waals surface area contributed by atoms with E-state index in [4.69, 9.17) is 4.74 Å². The maximum Gasteiger partial charge on any atom is 0.245 e. The second-order valence-corrected chi connectivity index (χ2v) is 5.47. The van der Waals surface area contributed by atoms with Crippen LogP contribution in [0.3, 0.4) is 0 Å². The standard InChI is InChI=1S/C16H22N2O3/c1-11(10-12-6-4-5-7-14(12)21-3)18(2)16(20)13-8-9-15(19)17-13/h4-7,11,13H,8-10H2,1-3H3,(H,17,19)/t11-,13+/m1/s1. The van der Waals surface area contributed by atoms with E-state index in [-0.39, 0.29) is 23.9 Å². The Kier molecular flexibility index (Phi) is 4.83. The number of ether oxygens (including phenoxy) is 1. The minimum Gasteiger partial charge on any atom is -0.496 e. The van der Waals surface area contributed by atoms with Crippen molar-refractivity contribution in [2.24, 2.45) is 0 Å². The van der Waals surface area contributed by atoms with Gasteiger partial charge in [-0.1, -0.05) is 18.2 Å². The summed E-state index contributed by atoms with van der Waals surface area (Å²) in [5, 5.41) is 2.72. The molecule has 2 amide bonds. The van der Waals surface area contributed by atoms with E-state index in [2.05, 4.69) is 5.32 Å². The number of hydrogen-bond acceptors (Lipinski definition) is 3. The monoisotopic (exact) mass is 290 g/mol. The van der Waals surface area contributed by atoms with Crippen molar-refractivity contribution < 1.29 is 14.3 Å². The Labute approximate surface area is 125 Å². The number of amides is 2. The van der Waals surface area contributed by atoms with Crippen LogP contribution in [0.15, 0.2) is 24.3 Å². The molecule has 1 aliphatic rings. The van der Waals surface area contributed by atoms with Crippen molar-refractivity contribution in [3.63, 3.8) is 0 Å². The molecular weight excluding hydrogens is 268 g/mol. The fourth-order valence-corrected chi connectivity index (χ4v) is 2.59. The quantitative estimate of drug-likeness (QED) is 0.891. The zero-order chi connectivity index (χ0) is 15.4. The lowest BCUT2D eigenvalue weighted by molar-refractivity contribution is -0.134. The fraction of sp³-hybridized carbons (Fsp3) is 0.500. The Bertz CT molecular complexity index is 530. The molecule has 0 saturated carbocycles. The van der Waals surface area contributed by atoms with Crippen LogP contribution in [0.5, 0.6) is 5.75 Å². The number of nitrogens with zero attached hydrogens (tertiary/aromatic N) is 1. The van der Waals surface area contributed by atoms with E-state index >= 15 is 0 Å². The highest BCUT2D eigenvalue weighted by molar-refractivity contribution is 5.90. The maximum absolute atomic E-state index is 12.4. The number of para-hydroxylation sites is 1. The van der Waals surface area contributed by atoms with Gasteiger partial charge in [-0.15, -0.1) is 0 Å². The highest BCUT2D eigenvalue weighted by Crippen LogP contribution is 2.21. The van der Waals surface area contributed by atoms with E-state index in [1.807, 2.05) is 31.2 Å². The Morgan fingerprint density at radius 2 is 2.19 bits per heavy atom. The van der Waals surface area contributed by atoms with Gasteiger partial charge in [0.1, 0.15) is 11.8 Å². The molecule has 0 aliphatic carbocycles. The third-order valence-corrected chi connectivity index (χ3v) is 4.01. The van der Waals surface area contributed by atoms with E-state index in [0.717, 1.165) is 11.3 Å². The Hall–Kier alpha value is -2.04. The Morgan fingerprint density at radius 3 is 2.81 bits per heavy atom. The minimum atomic E-state index is -0.373. The molecule has 5 heteroatoms. The highest BCUT2D eigenvalue weighted by atomic mass is 16.5. The lowest BCUT2D eigenvalue weighted by Gasteiger charge is -2.28. The fourth-order valence-electron chi connectivity index (χ4n) is 2.59. The molecule has 1 fully saturated rings. The predicted molar refractivity (Wildman–Crippen MR) is 80.1 cm³/mol. The first-order chi connectivity index (χ1) is 10.0. The number of hydrogen-bond donors (Lipinski definition) is 1. The van der Waals surface area contributed by atoms with Crippen molar-refractivity contribution in [1.82, 2.24) is 10.2 Å². The van der Waals surface area contributed by atoms with Gasteiger partial charge in [0.05, 0.1) is 7.11 Å². The van der Waals surface area contributed by atoms with Gasteiger partial charge in [-0.05, 0) is 31.4 Å². The van der Waals surface area contributed by atoms with Gasteiger partial charge in [-0.25, -0.2) is 0 Å². The van der Waals surface area contributed by atoms with Crippen LogP contribution in [0.2, 0.25) is 0 Å². The summed E-state index contributed by atoms with van der Waals surface area (Å²) in [5.41, 5.74) is 1.07. The van der Waals surface area contributed by atoms with E-state index in [0.29, 0.717) is 19.3 Å². The zero-order valence-corrected chi connectivity index (χ0v) is 12.8. The Balaban J connectivity index is 2.00. The molecule has 21 heavy (non-hydrogen) atoms.